The predicted molar refractivity (Wildman–Crippen MR) is 134 cm³/mol. The van der Waals surface area contributed by atoms with Crippen molar-refractivity contribution in [3.8, 4) is 0 Å². The van der Waals surface area contributed by atoms with Crippen LogP contribution < -0.4 is 20.6 Å². The Hall–Kier alpha value is -3.30. The van der Waals surface area contributed by atoms with Gasteiger partial charge in [0, 0.05) is 35.9 Å². The molecule has 2 fully saturated rings. The van der Waals surface area contributed by atoms with Gasteiger partial charge in [-0.1, -0.05) is 31.0 Å². The molecule has 0 unspecified atom stereocenters. The van der Waals surface area contributed by atoms with Crippen molar-refractivity contribution in [2.45, 2.75) is 63.3 Å². The molecule has 9 nitrogen and oxygen atoms in total. The van der Waals surface area contributed by atoms with Gasteiger partial charge in [0.15, 0.2) is 0 Å². The predicted octanol–water partition coefficient (Wildman–Crippen LogP) is 3.76. The van der Waals surface area contributed by atoms with Gasteiger partial charge in [-0.25, -0.2) is 4.79 Å². The number of rotatable bonds is 5. The van der Waals surface area contributed by atoms with Crippen LogP contribution in [0.5, 0.6) is 0 Å². The number of carbonyl (C=O) groups excluding carboxylic acids is 2. The van der Waals surface area contributed by atoms with Crippen molar-refractivity contribution in [2.24, 2.45) is 0 Å². The Bertz CT molecular complexity index is 1090. The van der Waals surface area contributed by atoms with E-state index in [0.29, 0.717) is 37.4 Å². The number of piperidine rings is 1. The second kappa shape index (κ2) is 10.1. The van der Waals surface area contributed by atoms with Crippen LogP contribution in [0.15, 0.2) is 42.5 Å². The zero-order valence-corrected chi connectivity index (χ0v) is 19.6. The molecule has 3 aliphatic rings. The summed E-state index contributed by atoms with van der Waals surface area (Å²) in [6, 6.07) is 12.6. The van der Waals surface area contributed by atoms with Gasteiger partial charge >= 0.3 is 6.09 Å². The van der Waals surface area contributed by atoms with Crippen molar-refractivity contribution in [2.75, 3.05) is 28.4 Å². The van der Waals surface area contributed by atoms with Crippen LogP contribution >= 0.6 is 0 Å². The number of para-hydroxylation sites is 1. The van der Waals surface area contributed by atoms with Crippen molar-refractivity contribution in [3.63, 3.8) is 0 Å². The van der Waals surface area contributed by atoms with E-state index in [1.54, 1.807) is 23.1 Å². The molecule has 9 heteroatoms. The summed E-state index contributed by atoms with van der Waals surface area (Å²) in [6.07, 6.45) is 3.99. The number of carbonyl (C=O) groups is 2. The molecule has 5 rings (SSSR count). The second-order valence-corrected chi connectivity index (χ2v) is 9.54. The molecule has 186 valence electrons. The molecular formula is C26H31N4O5-. The minimum Gasteiger partial charge on any atom is -0.761 e. The van der Waals surface area contributed by atoms with Crippen molar-refractivity contribution >= 4 is 29.1 Å². The molecule has 2 aromatic rings. The van der Waals surface area contributed by atoms with Crippen LogP contribution in [0.1, 0.15) is 54.4 Å². The molecule has 2 aromatic carbocycles. The summed E-state index contributed by atoms with van der Waals surface area (Å²) >= 11 is 0. The summed E-state index contributed by atoms with van der Waals surface area (Å²) in [7, 11) is 0. The van der Waals surface area contributed by atoms with E-state index in [0.717, 1.165) is 49.0 Å². The molecule has 0 bridgehead atoms. The monoisotopic (exact) mass is 479 g/mol. The van der Waals surface area contributed by atoms with Crippen LogP contribution in [-0.2, 0) is 11.3 Å². The first kappa shape index (κ1) is 23.4. The Morgan fingerprint density at radius 2 is 1.80 bits per heavy atom. The fraction of sp³-hybridized carbons (Fsp3) is 0.462. The van der Waals surface area contributed by atoms with Gasteiger partial charge in [0.1, 0.15) is 6.61 Å². The van der Waals surface area contributed by atoms with Gasteiger partial charge in [-0.3, -0.25) is 9.69 Å². The lowest BCUT2D eigenvalue weighted by atomic mass is 9.92. The van der Waals surface area contributed by atoms with Crippen molar-refractivity contribution in [1.29, 1.82) is 0 Å². The summed E-state index contributed by atoms with van der Waals surface area (Å²) in [5, 5.41) is 24.8. The third-order valence-electron chi connectivity index (χ3n) is 7.38. The standard InChI is InChI=1S/C26H31N4O5/c31-24-8-4-2-6-20(24)27-25(32)17-9-10-23(21(15-17)28-34)29-13-11-19(12-14-29)30-22-7-3-1-5-18(22)16-35-26(30)33/h1,3,5,7,9-10,15,19-20,24,28,31H,2,4,6,8,11-14,16H2,(H,27,32)/q-1/t20-,24+/m0/s1. The molecule has 2 heterocycles. The lowest BCUT2D eigenvalue weighted by Crippen LogP contribution is -2.49. The van der Waals surface area contributed by atoms with Crippen molar-refractivity contribution in [3.05, 3.63) is 58.8 Å². The van der Waals surface area contributed by atoms with Gasteiger partial charge in [0.25, 0.3) is 5.91 Å². The Morgan fingerprint density at radius 1 is 1.03 bits per heavy atom. The topological polar surface area (TPSA) is 117 Å². The maximum atomic E-state index is 12.7. The van der Waals surface area contributed by atoms with E-state index in [2.05, 4.69) is 10.2 Å². The fourth-order valence-electron chi connectivity index (χ4n) is 5.45. The maximum absolute atomic E-state index is 12.7. The number of benzene rings is 2. The lowest BCUT2D eigenvalue weighted by Gasteiger charge is -2.41. The van der Waals surface area contributed by atoms with Crippen molar-refractivity contribution in [1.82, 2.24) is 5.32 Å². The highest BCUT2D eigenvalue weighted by atomic mass is 16.6. The molecule has 2 amide bonds. The third-order valence-corrected chi connectivity index (χ3v) is 7.38. The molecule has 35 heavy (non-hydrogen) atoms. The number of nitrogens with zero attached hydrogens (tertiary/aromatic N) is 2. The number of nitrogens with one attached hydrogen (secondary N) is 2. The molecule has 2 atom stereocenters. The third kappa shape index (κ3) is 4.78. The molecule has 1 saturated heterocycles. The molecular weight excluding hydrogens is 448 g/mol. The van der Waals surface area contributed by atoms with Gasteiger partial charge in [-0.15, -0.1) is 0 Å². The fourth-order valence-corrected chi connectivity index (χ4v) is 5.45. The molecule has 1 saturated carbocycles. The van der Waals surface area contributed by atoms with E-state index in [1.807, 2.05) is 29.7 Å². The zero-order chi connectivity index (χ0) is 24.4. The number of ether oxygens (including phenoxy) is 1. The Balaban J connectivity index is 1.26. The maximum Gasteiger partial charge on any atom is 0.414 e. The van der Waals surface area contributed by atoms with Crippen LogP contribution in [0.2, 0.25) is 0 Å². The number of aliphatic hydroxyl groups excluding tert-OH is 1. The Kier molecular flexibility index (Phi) is 6.79. The number of anilines is 3. The average Bonchev–Trinajstić information content (AvgIpc) is 2.89. The summed E-state index contributed by atoms with van der Waals surface area (Å²) in [5.74, 6) is -0.292. The van der Waals surface area contributed by atoms with Gasteiger partial charge in [0.05, 0.1) is 23.5 Å². The molecule has 3 N–H and O–H groups in total. The van der Waals surface area contributed by atoms with Crippen LogP contribution in [0.25, 0.3) is 0 Å². The van der Waals surface area contributed by atoms with Crippen LogP contribution in [0.4, 0.5) is 21.9 Å². The smallest absolute Gasteiger partial charge is 0.414 e. The van der Waals surface area contributed by atoms with Crippen molar-refractivity contribution < 1.29 is 19.4 Å². The molecule has 0 aromatic heterocycles. The van der Waals surface area contributed by atoms with Gasteiger partial charge in [0.2, 0.25) is 0 Å². The number of hydrogen-bond donors (Lipinski definition) is 3. The van der Waals surface area contributed by atoms with Crippen LogP contribution in [0.3, 0.4) is 0 Å². The van der Waals surface area contributed by atoms with Gasteiger partial charge in [-0.2, -0.15) is 0 Å². The first-order valence-corrected chi connectivity index (χ1v) is 12.3. The minimum atomic E-state index is -0.533. The number of cyclic esters (lactones) is 1. The summed E-state index contributed by atoms with van der Waals surface area (Å²) < 4.78 is 5.38. The van der Waals surface area contributed by atoms with E-state index in [4.69, 9.17) is 4.74 Å². The highest BCUT2D eigenvalue weighted by Gasteiger charge is 2.34. The molecule has 1 aliphatic carbocycles. The number of aliphatic hydroxyl groups is 1. The highest BCUT2D eigenvalue weighted by Crippen LogP contribution is 2.35. The largest absolute Gasteiger partial charge is 0.761 e. The molecule has 0 radical (unpaired) electrons. The second-order valence-electron chi connectivity index (χ2n) is 9.54. The van der Waals surface area contributed by atoms with Gasteiger partial charge < -0.3 is 30.7 Å². The van der Waals surface area contributed by atoms with E-state index in [1.165, 1.54) is 0 Å². The first-order chi connectivity index (χ1) is 17.0. The van der Waals surface area contributed by atoms with E-state index < -0.39 is 6.10 Å². The molecule has 0 spiro atoms. The summed E-state index contributed by atoms with van der Waals surface area (Å²) in [4.78, 5) is 29.2. The lowest BCUT2D eigenvalue weighted by molar-refractivity contribution is 0.0717. The van der Waals surface area contributed by atoms with E-state index in [-0.39, 0.29) is 24.1 Å². The van der Waals surface area contributed by atoms with Gasteiger partial charge in [-0.05, 0) is 49.9 Å². The van der Waals surface area contributed by atoms with E-state index >= 15 is 0 Å². The first-order valence-electron chi connectivity index (χ1n) is 12.3. The summed E-state index contributed by atoms with van der Waals surface area (Å²) in [5.41, 5.74) is 5.35. The number of amides is 2. The highest BCUT2D eigenvalue weighted by molar-refractivity contribution is 5.96. The molecule has 2 aliphatic heterocycles. The average molecular weight is 480 g/mol. The zero-order valence-electron chi connectivity index (χ0n) is 19.6. The Labute approximate surface area is 204 Å². The SMILES string of the molecule is O=C(N[C@H]1CCCC[C@H]1O)c1ccc(N2CCC(N3C(=O)OCc4ccccc43)CC2)c(N[O-])c1. The normalized spacial score (nSPS) is 22.9. The minimum absolute atomic E-state index is 0.0100. The quantitative estimate of drug-likeness (QED) is 0.559. The van der Waals surface area contributed by atoms with E-state index in [9.17, 15) is 19.9 Å². The summed E-state index contributed by atoms with van der Waals surface area (Å²) in [6.45, 7) is 1.61. The number of fused-ring (bicyclic) bond motifs is 1. The van der Waals surface area contributed by atoms with Crippen LogP contribution in [0, 0.1) is 5.21 Å². The Morgan fingerprint density at radius 3 is 2.57 bits per heavy atom. The number of hydrogen-bond acceptors (Lipinski definition) is 7. The van der Waals surface area contributed by atoms with Crippen LogP contribution in [-0.4, -0.2) is 48.4 Å².